The minimum Gasteiger partial charge on any atom is -0.319 e. The molecule has 1 aliphatic carbocycles. The lowest BCUT2D eigenvalue weighted by Gasteiger charge is -2.05. The fourth-order valence-electron chi connectivity index (χ4n) is 1.74. The summed E-state index contributed by atoms with van der Waals surface area (Å²) in [5.74, 6) is -0.175. The maximum Gasteiger partial charge on any atom is 0.236 e. The fraction of sp³-hybridized carbons (Fsp3) is 0.273. The second-order valence-electron chi connectivity index (χ2n) is 3.62. The molecule has 0 heterocycles. The van der Waals surface area contributed by atoms with E-state index in [1.165, 1.54) is 12.5 Å². The number of nitrogens with zero attached hydrogens (tertiary/aromatic N) is 1. The number of hydrogen-bond acceptors (Lipinski definition) is 3. The Morgan fingerprint density at radius 3 is 2.93 bits per heavy atom. The van der Waals surface area contributed by atoms with Gasteiger partial charge in [0.05, 0.1) is 11.8 Å². The molecule has 0 aliphatic heterocycles. The van der Waals surface area contributed by atoms with E-state index in [-0.39, 0.29) is 11.9 Å². The summed E-state index contributed by atoms with van der Waals surface area (Å²) in [6.07, 6.45) is 0.720. The summed E-state index contributed by atoms with van der Waals surface area (Å²) in [6, 6.07) is 7.78. The van der Waals surface area contributed by atoms with Crippen molar-refractivity contribution in [3.8, 4) is 0 Å². The third kappa shape index (κ3) is 1.89. The number of hydrazone groups is 1. The SMILES string of the molecule is CC(=O)NN=C1Cc2ccccc2C1N. The molecule has 0 bridgehead atoms. The van der Waals surface area contributed by atoms with Gasteiger partial charge in [-0.1, -0.05) is 24.3 Å². The Labute approximate surface area is 88.2 Å². The third-order valence-electron chi connectivity index (χ3n) is 2.48. The molecule has 1 aromatic rings. The number of fused-ring (bicyclic) bond motifs is 1. The summed E-state index contributed by atoms with van der Waals surface area (Å²) < 4.78 is 0. The van der Waals surface area contributed by atoms with Crippen LogP contribution < -0.4 is 11.2 Å². The van der Waals surface area contributed by atoms with Gasteiger partial charge in [0.25, 0.3) is 0 Å². The predicted molar refractivity (Wildman–Crippen MR) is 58.3 cm³/mol. The molecule has 4 heteroatoms. The van der Waals surface area contributed by atoms with Gasteiger partial charge in [0.1, 0.15) is 0 Å². The quantitative estimate of drug-likeness (QED) is 0.661. The van der Waals surface area contributed by atoms with Crippen LogP contribution in [0.15, 0.2) is 29.4 Å². The van der Waals surface area contributed by atoms with Gasteiger partial charge >= 0.3 is 0 Å². The minimum absolute atomic E-state index is 0.175. The van der Waals surface area contributed by atoms with Gasteiger partial charge < -0.3 is 5.73 Å². The lowest BCUT2D eigenvalue weighted by molar-refractivity contribution is -0.118. The summed E-state index contributed by atoms with van der Waals surface area (Å²) >= 11 is 0. The molecular weight excluding hydrogens is 190 g/mol. The molecule has 1 unspecified atom stereocenters. The Bertz CT molecular complexity index is 426. The monoisotopic (exact) mass is 203 g/mol. The summed E-state index contributed by atoms with van der Waals surface area (Å²) in [5, 5.41) is 4.01. The number of nitrogens with one attached hydrogen (secondary N) is 1. The number of benzene rings is 1. The number of hydrogen-bond donors (Lipinski definition) is 2. The molecule has 1 atom stereocenters. The first-order chi connectivity index (χ1) is 7.18. The highest BCUT2D eigenvalue weighted by Crippen LogP contribution is 2.26. The van der Waals surface area contributed by atoms with Gasteiger partial charge in [-0.3, -0.25) is 4.79 Å². The maximum atomic E-state index is 10.7. The van der Waals surface area contributed by atoms with Crippen LogP contribution in [0, 0.1) is 0 Å². The topological polar surface area (TPSA) is 67.5 Å². The van der Waals surface area contributed by atoms with Crippen molar-refractivity contribution in [1.29, 1.82) is 0 Å². The van der Waals surface area contributed by atoms with Gasteiger partial charge in [-0.15, -0.1) is 0 Å². The Morgan fingerprint density at radius 2 is 2.27 bits per heavy atom. The zero-order chi connectivity index (χ0) is 10.8. The number of rotatable bonds is 1. The van der Waals surface area contributed by atoms with Crippen molar-refractivity contribution in [2.75, 3.05) is 0 Å². The predicted octanol–water partition coefficient (Wildman–Crippen LogP) is 0.735. The molecule has 1 aliphatic rings. The maximum absolute atomic E-state index is 10.7. The van der Waals surface area contributed by atoms with Crippen LogP contribution in [-0.4, -0.2) is 11.6 Å². The molecule has 0 saturated heterocycles. The first-order valence-electron chi connectivity index (χ1n) is 4.85. The van der Waals surface area contributed by atoms with Crippen molar-refractivity contribution >= 4 is 11.6 Å². The number of amides is 1. The zero-order valence-corrected chi connectivity index (χ0v) is 8.53. The van der Waals surface area contributed by atoms with Crippen molar-refractivity contribution in [2.45, 2.75) is 19.4 Å². The molecule has 0 saturated carbocycles. The summed E-state index contributed by atoms with van der Waals surface area (Å²) in [7, 11) is 0. The van der Waals surface area contributed by atoms with Crippen molar-refractivity contribution in [3.63, 3.8) is 0 Å². The molecule has 1 aromatic carbocycles. The smallest absolute Gasteiger partial charge is 0.236 e. The van der Waals surface area contributed by atoms with Crippen molar-refractivity contribution in [2.24, 2.45) is 10.8 Å². The van der Waals surface area contributed by atoms with Crippen molar-refractivity contribution < 1.29 is 4.79 Å². The van der Waals surface area contributed by atoms with Gasteiger partial charge in [0.15, 0.2) is 0 Å². The van der Waals surface area contributed by atoms with Crippen LogP contribution in [-0.2, 0) is 11.2 Å². The average Bonchev–Trinajstić information content (AvgIpc) is 2.54. The van der Waals surface area contributed by atoms with Gasteiger partial charge in [-0.25, -0.2) is 5.43 Å². The molecule has 1 amide bonds. The normalized spacial score (nSPS) is 21.5. The van der Waals surface area contributed by atoms with Gasteiger partial charge in [-0.2, -0.15) is 5.10 Å². The Morgan fingerprint density at radius 1 is 1.53 bits per heavy atom. The zero-order valence-electron chi connectivity index (χ0n) is 8.53. The molecule has 0 fully saturated rings. The van der Waals surface area contributed by atoms with Crippen LogP contribution in [0.25, 0.3) is 0 Å². The van der Waals surface area contributed by atoms with Crippen LogP contribution in [0.4, 0.5) is 0 Å². The molecule has 0 radical (unpaired) electrons. The molecule has 15 heavy (non-hydrogen) atoms. The first kappa shape index (κ1) is 9.86. The van der Waals surface area contributed by atoms with Crippen LogP contribution >= 0.6 is 0 Å². The standard InChI is InChI=1S/C11H13N3O/c1-7(15)13-14-10-6-8-4-2-3-5-9(8)11(10)12/h2-5,11H,6,12H2,1H3,(H,13,15). The van der Waals surface area contributed by atoms with E-state index in [4.69, 9.17) is 5.73 Å². The summed E-state index contributed by atoms with van der Waals surface area (Å²) in [5.41, 5.74) is 11.5. The van der Waals surface area contributed by atoms with E-state index in [2.05, 4.69) is 10.5 Å². The summed E-state index contributed by atoms with van der Waals surface area (Å²) in [4.78, 5) is 10.7. The molecular formula is C11H13N3O. The average molecular weight is 203 g/mol. The largest absolute Gasteiger partial charge is 0.319 e. The van der Waals surface area contributed by atoms with E-state index in [0.29, 0.717) is 0 Å². The van der Waals surface area contributed by atoms with Crippen molar-refractivity contribution in [3.05, 3.63) is 35.4 Å². The van der Waals surface area contributed by atoms with Gasteiger partial charge in [0, 0.05) is 13.3 Å². The highest BCUT2D eigenvalue weighted by atomic mass is 16.2. The minimum atomic E-state index is -0.187. The lowest BCUT2D eigenvalue weighted by atomic mass is 10.1. The van der Waals surface area contributed by atoms with E-state index in [9.17, 15) is 4.79 Å². The first-order valence-corrected chi connectivity index (χ1v) is 4.85. The molecule has 4 nitrogen and oxygen atoms in total. The van der Waals surface area contributed by atoms with E-state index in [1.54, 1.807) is 0 Å². The molecule has 78 valence electrons. The number of nitrogens with two attached hydrogens (primary N) is 1. The highest BCUT2D eigenvalue weighted by molar-refractivity contribution is 5.97. The van der Waals surface area contributed by atoms with Crippen LogP contribution in [0.1, 0.15) is 24.1 Å². The Balaban J connectivity index is 2.23. The fourth-order valence-corrected chi connectivity index (χ4v) is 1.74. The van der Waals surface area contributed by atoms with Crippen LogP contribution in [0.3, 0.4) is 0 Å². The lowest BCUT2D eigenvalue weighted by Crippen LogP contribution is -2.22. The number of carbonyl (C=O) groups is 1. The van der Waals surface area contributed by atoms with Gasteiger partial charge in [-0.05, 0) is 11.1 Å². The molecule has 3 N–H and O–H groups in total. The van der Waals surface area contributed by atoms with Crippen molar-refractivity contribution in [1.82, 2.24) is 5.43 Å². The second-order valence-corrected chi connectivity index (χ2v) is 3.62. The van der Waals surface area contributed by atoms with E-state index < -0.39 is 0 Å². The van der Waals surface area contributed by atoms with Gasteiger partial charge in [0.2, 0.25) is 5.91 Å². The number of carbonyl (C=O) groups excluding carboxylic acids is 1. The van der Waals surface area contributed by atoms with Crippen LogP contribution in [0.5, 0.6) is 0 Å². The molecule has 0 aromatic heterocycles. The highest BCUT2D eigenvalue weighted by Gasteiger charge is 2.24. The second kappa shape index (κ2) is 3.82. The van der Waals surface area contributed by atoms with E-state index in [1.807, 2.05) is 24.3 Å². The third-order valence-corrected chi connectivity index (χ3v) is 2.48. The molecule has 0 spiro atoms. The van der Waals surface area contributed by atoms with Crippen LogP contribution in [0.2, 0.25) is 0 Å². The summed E-state index contributed by atoms with van der Waals surface area (Å²) in [6.45, 7) is 1.43. The van der Waals surface area contributed by atoms with E-state index >= 15 is 0 Å². The Kier molecular flexibility index (Phi) is 2.51. The Hall–Kier alpha value is -1.68. The molecule has 2 rings (SSSR count). The van der Waals surface area contributed by atoms with E-state index in [0.717, 1.165) is 17.7 Å².